The zero-order valence-electron chi connectivity index (χ0n) is 11.1. The lowest BCUT2D eigenvalue weighted by molar-refractivity contribution is 0.136. The molecular formula is C13H19NO4. The van der Waals surface area contributed by atoms with Crippen LogP contribution in [0.5, 0.6) is 11.5 Å². The molecule has 1 aromatic carbocycles. The highest BCUT2D eigenvalue weighted by atomic mass is 16.5. The van der Waals surface area contributed by atoms with E-state index in [0.717, 1.165) is 5.56 Å². The molecule has 0 atom stereocenters. The second kappa shape index (κ2) is 6.74. The van der Waals surface area contributed by atoms with E-state index in [4.69, 9.17) is 14.2 Å². The Morgan fingerprint density at radius 2 is 2.00 bits per heavy atom. The van der Waals surface area contributed by atoms with E-state index in [0.29, 0.717) is 11.5 Å². The highest BCUT2D eigenvalue weighted by molar-refractivity contribution is 5.67. The first-order valence-electron chi connectivity index (χ1n) is 5.71. The Hall–Kier alpha value is -1.91. The highest BCUT2D eigenvalue weighted by Crippen LogP contribution is 2.24. The summed E-state index contributed by atoms with van der Waals surface area (Å²) in [5.41, 5.74) is 0.760. The molecule has 0 spiro atoms. The molecule has 0 fully saturated rings. The lowest BCUT2D eigenvalue weighted by atomic mass is 10.2. The first-order chi connectivity index (χ1) is 8.56. The van der Waals surface area contributed by atoms with Crippen molar-refractivity contribution < 1.29 is 19.0 Å². The molecule has 0 bridgehead atoms. The fraction of sp³-hybridized carbons (Fsp3) is 0.462. The number of alkyl carbamates (subject to hydrolysis) is 1. The van der Waals surface area contributed by atoms with Crippen LogP contribution in [-0.4, -0.2) is 26.4 Å². The Morgan fingerprint density at radius 1 is 1.28 bits per heavy atom. The maximum absolute atomic E-state index is 11.4. The van der Waals surface area contributed by atoms with Crippen molar-refractivity contribution in [3.63, 3.8) is 0 Å². The molecule has 0 saturated heterocycles. The van der Waals surface area contributed by atoms with Crippen LogP contribution in [0.25, 0.3) is 0 Å². The Labute approximate surface area is 107 Å². The van der Waals surface area contributed by atoms with Crippen molar-refractivity contribution in [3.8, 4) is 11.5 Å². The Morgan fingerprint density at radius 3 is 2.56 bits per heavy atom. The van der Waals surface area contributed by atoms with Gasteiger partial charge in [0.25, 0.3) is 0 Å². The third-order valence-corrected chi connectivity index (χ3v) is 2.25. The standard InChI is InChI=1S/C13H19NO4/c1-9(2)14-13(15)18-8-10-7-11(16-3)5-6-12(10)17-4/h5-7,9H,8H2,1-4H3,(H,14,15). The second-order valence-corrected chi connectivity index (χ2v) is 4.05. The molecule has 5 heteroatoms. The maximum Gasteiger partial charge on any atom is 0.407 e. The fourth-order valence-electron chi connectivity index (χ4n) is 1.42. The third kappa shape index (κ3) is 4.16. The molecule has 100 valence electrons. The van der Waals surface area contributed by atoms with E-state index in [9.17, 15) is 4.79 Å². The Kier molecular flexibility index (Phi) is 5.30. The summed E-state index contributed by atoms with van der Waals surface area (Å²) in [6.07, 6.45) is -0.449. The van der Waals surface area contributed by atoms with Gasteiger partial charge in [-0.1, -0.05) is 0 Å². The van der Waals surface area contributed by atoms with Crippen molar-refractivity contribution in [2.75, 3.05) is 14.2 Å². The van der Waals surface area contributed by atoms with E-state index in [1.54, 1.807) is 32.4 Å². The van der Waals surface area contributed by atoms with Gasteiger partial charge < -0.3 is 19.5 Å². The maximum atomic E-state index is 11.4. The van der Waals surface area contributed by atoms with Crippen molar-refractivity contribution in [1.82, 2.24) is 5.32 Å². The summed E-state index contributed by atoms with van der Waals surface area (Å²) in [7, 11) is 3.15. The van der Waals surface area contributed by atoms with Crippen molar-refractivity contribution in [3.05, 3.63) is 23.8 Å². The van der Waals surface area contributed by atoms with Crippen LogP contribution in [0, 0.1) is 0 Å². The lowest BCUT2D eigenvalue weighted by Gasteiger charge is -2.12. The van der Waals surface area contributed by atoms with E-state index in [1.807, 2.05) is 13.8 Å². The summed E-state index contributed by atoms with van der Waals surface area (Å²) in [5.74, 6) is 1.35. The molecule has 18 heavy (non-hydrogen) atoms. The summed E-state index contributed by atoms with van der Waals surface area (Å²) in [6, 6.07) is 5.39. The van der Waals surface area contributed by atoms with Crippen LogP contribution in [0.15, 0.2) is 18.2 Å². The van der Waals surface area contributed by atoms with Gasteiger partial charge in [0.05, 0.1) is 14.2 Å². The van der Waals surface area contributed by atoms with Crippen molar-refractivity contribution in [2.24, 2.45) is 0 Å². The Bertz CT molecular complexity index is 404. The molecular weight excluding hydrogens is 234 g/mol. The van der Waals surface area contributed by atoms with Gasteiger partial charge in [-0.25, -0.2) is 4.79 Å². The summed E-state index contributed by atoms with van der Waals surface area (Å²) >= 11 is 0. The number of methoxy groups -OCH3 is 2. The quantitative estimate of drug-likeness (QED) is 0.875. The van der Waals surface area contributed by atoms with Gasteiger partial charge >= 0.3 is 6.09 Å². The topological polar surface area (TPSA) is 56.8 Å². The first kappa shape index (κ1) is 14.2. The number of rotatable bonds is 5. The van der Waals surface area contributed by atoms with Crippen LogP contribution in [0.3, 0.4) is 0 Å². The number of carbonyl (C=O) groups is 1. The number of ether oxygens (including phenoxy) is 3. The molecule has 1 amide bonds. The van der Waals surface area contributed by atoms with E-state index in [1.165, 1.54) is 0 Å². The smallest absolute Gasteiger partial charge is 0.407 e. The Balaban J connectivity index is 2.67. The minimum atomic E-state index is -0.449. The molecule has 0 aliphatic carbocycles. The van der Waals surface area contributed by atoms with Gasteiger partial charge in [-0.05, 0) is 32.0 Å². The van der Waals surface area contributed by atoms with Gasteiger partial charge in [0.15, 0.2) is 0 Å². The van der Waals surface area contributed by atoms with Gasteiger partial charge in [-0.2, -0.15) is 0 Å². The predicted octanol–water partition coefficient (Wildman–Crippen LogP) is 2.34. The number of benzene rings is 1. The average Bonchev–Trinajstić information content (AvgIpc) is 2.35. The molecule has 0 aliphatic heterocycles. The van der Waals surface area contributed by atoms with Crippen molar-refractivity contribution in [1.29, 1.82) is 0 Å². The molecule has 1 rings (SSSR count). The average molecular weight is 253 g/mol. The highest BCUT2D eigenvalue weighted by Gasteiger charge is 2.09. The molecule has 1 aromatic rings. The van der Waals surface area contributed by atoms with E-state index in [-0.39, 0.29) is 12.6 Å². The van der Waals surface area contributed by atoms with Crippen molar-refractivity contribution >= 4 is 6.09 Å². The van der Waals surface area contributed by atoms with Gasteiger partial charge in [-0.3, -0.25) is 0 Å². The van der Waals surface area contributed by atoms with Crippen LogP contribution >= 0.6 is 0 Å². The molecule has 5 nitrogen and oxygen atoms in total. The van der Waals surface area contributed by atoms with Crippen LogP contribution in [0.1, 0.15) is 19.4 Å². The predicted molar refractivity (Wildman–Crippen MR) is 68.0 cm³/mol. The van der Waals surface area contributed by atoms with Crippen LogP contribution < -0.4 is 14.8 Å². The van der Waals surface area contributed by atoms with E-state index in [2.05, 4.69) is 5.32 Å². The fourth-order valence-corrected chi connectivity index (χ4v) is 1.42. The first-order valence-corrected chi connectivity index (χ1v) is 5.71. The van der Waals surface area contributed by atoms with E-state index >= 15 is 0 Å². The molecule has 0 aliphatic rings. The largest absolute Gasteiger partial charge is 0.497 e. The number of carbonyl (C=O) groups excluding carboxylic acids is 1. The van der Waals surface area contributed by atoms with Gasteiger partial charge in [-0.15, -0.1) is 0 Å². The minimum Gasteiger partial charge on any atom is -0.497 e. The minimum absolute atomic E-state index is 0.0460. The summed E-state index contributed by atoms with van der Waals surface area (Å²) < 4.78 is 15.4. The monoisotopic (exact) mass is 253 g/mol. The van der Waals surface area contributed by atoms with Gasteiger partial charge in [0.1, 0.15) is 18.1 Å². The van der Waals surface area contributed by atoms with Crippen LogP contribution in [0.2, 0.25) is 0 Å². The third-order valence-electron chi connectivity index (χ3n) is 2.25. The lowest BCUT2D eigenvalue weighted by Crippen LogP contribution is -2.30. The zero-order chi connectivity index (χ0) is 13.5. The number of nitrogens with one attached hydrogen (secondary N) is 1. The van der Waals surface area contributed by atoms with E-state index < -0.39 is 6.09 Å². The molecule has 0 radical (unpaired) electrons. The van der Waals surface area contributed by atoms with Crippen LogP contribution in [0.4, 0.5) is 4.79 Å². The molecule has 0 heterocycles. The van der Waals surface area contributed by atoms with Gasteiger partial charge in [0, 0.05) is 11.6 Å². The molecule has 0 unspecified atom stereocenters. The van der Waals surface area contributed by atoms with Crippen LogP contribution in [-0.2, 0) is 11.3 Å². The second-order valence-electron chi connectivity index (χ2n) is 4.05. The van der Waals surface area contributed by atoms with Crippen molar-refractivity contribution in [2.45, 2.75) is 26.5 Å². The zero-order valence-corrected chi connectivity index (χ0v) is 11.1. The number of hydrogen-bond acceptors (Lipinski definition) is 4. The number of amides is 1. The summed E-state index contributed by atoms with van der Waals surface area (Å²) in [5, 5.41) is 2.65. The SMILES string of the molecule is COc1ccc(OC)c(COC(=O)NC(C)C)c1. The van der Waals surface area contributed by atoms with Gasteiger partial charge in [0.2, 0.25) is 0 Å². The normalized spacial score (nSPS) is 10.1. The summed E-state index contributed by atoms with van der Waals surface area (Å²) in [4.78, 5) is 11.4. The molecule has 1 N–H and O–H groups in total. The molecule has 0 saturated carbocycles. The molecule has 0 aromatic heterocycles. The number of hydrogen-bond donors (Lipinski definition) is 1. The summed E-state index contributed by atoms with van der Waals surface area (Å²) in [6.45, 7) is 3.87.